The van der Waals surface area contributed by atoms with Gasteiger partial charge >= 0.3 is 10.1 Å². The highest BCUT2D eigenvalue weighted by Crippen LogP contribution is 2.27. The van der Waals surface area contributed by atoms with Gasteiger partial charge < -0.3 is 9.08 Å². The molecule has 1 heterocycles. The highest BCUT2D eigenvalue weighted by Gasteiger charge is 2.21. The molecule has 1 aromatic carbocycles. The highest BCUT2D eigenvalue weighted by atomic mass is 35.5. The fraction of sp³-hybridized carbons (Fsp3) is 0.389. The van der Waals surface area contributed by atoms with Gasteiger partial charge in [-0.2, -0.15) is 8.42 Å². The number of halogens is 1. The van der Waals surface area contributed by atoms with Crippen LogP contribution in [0, 0.1) is 5.92 Å². The van der Waals surface area contributed by atoms with Crippen molar-refractivity contribution in [3.63, 3.8) is 0 Å². The van der Waals surface area contributed by atoms with E-state index in [2.05, 4.69) is 0 Å². The van der Waals surface area contributed by atoms with Crippen LogP contribution in [0.3, 0.4) is 0 Å². The number of thiophene rings is 1. The lowest BCUT2D eigenvalue weighted by Crippen LogP contribution is -2.33. The van der Waals surface area contributed by atoms with Crippen LogP contribution in [0.5, 0.6) is 5.75 Å². The van der Waals surface area contributed by atoms with Crippen molar-refractivity contribution in [2.45, 2.75) is 27.3 Å². The van der Waals surface area contributed by atoms with Gasteiger partial charge in [-0.25, -0.2) is 0 Å². The number of hydrogen-bond donors (Lipinski definition) is 0. The van der Waals surface area contributed by atoms with E-state index in [4.69, 9.17) is 15.8 Å². The van der Waals surface area contributed by atoms with E-state index in [0.717, 1.165) is 0 Å². The summed E-state index contributed by atoms with van der Waals surface area (Å²) in [5.41, 5.74) is 0.556. The third-order valence-electron chi connectivity index (χ3n) is 3.56. The Morgan fingerprint density at radius 2 is 2.04 bits per heavy atom. The summed E-state index contributed by atoms with van der Waals surface area (Å²) >= 11 is 7.46. The van der Waals surface area contributed by atoms with Crippen LogP contribution in [0.4, 0.5) is 0 Å². The van der Waals surface area contributed by atoms with E-state index in [0.29, 0.717) is 22.0 Å². The maximum Gasteiger partial charge on any atom is 0.308 e. The predicted molar refractivity (Wildman–Crippen MR) is 105 cm³/mol. The van der Waals surface area contributed by atoms with Gasteiger partial charge in [0, 0.05) is 23.7 Å². The van der Waals surface area contributed by atoms with Crippen LogP contribution < -0.4 is 4.18 Å². The van der Waals surface area contributed by atoms with Gasteiger partial charge in [-0.1, -0.05) is 31.5 Å². The zero-order chi connectivity index (χ0) is 19.3. The fourth-order valence-electron chi connectivity index (χ4n) is 2.37. The van der Waals surface area contributed by atoms with Crippen molar-refractivity contribution in [2.75, 3.05) is 12.3 Å². The van der Waals surface area contributed by atoms with Gasteiger partial charge in [0.05, 0.1) is 10.6 Å². The Bertz CT molecular complexity index is 848. The van der Waals surface area contributed by atoms with Crippen LogP contribution in [-0.2, 0) is 16.7 Å². The molecule has 0 N–H and O–H groups in total. The van der Waals surface area contributed by atoms with Crippen molar-refractivity contribution in [1.82, 2.24) is 4.90 Å². The van der Waals surface area contributed by atoms with Crippen molar-refractivity contribution in [1.29, 1.82) is 0 Å². The van der Waals surface area contributed by atoms with Crippen LogP contribution in [-0.4, -0.2) is 31.5 Å². The van der Waals surface area contributed by atoms with Crippen LogP contribution in [0.25, 0.3) is 0 Å². The van der Waals surface area contributed by atoms with Crippen LogP contribution >= 0.6 is 22.9 Å². The molecule has 142 valence electrons. The van der Waals surface area contributed by atoms with Crippen molar-refractivity contribution in [2.24, 2.45) is 5.92 Å². The molecule has 0 aliphatic heterocycles. The van der Waals surface area contributed by atoms with E-state index in [1.54, 1.807) is 23.1 Å². The molecule has 0 unspecified atom stereocenters. The zero-order valence-corrected chi connectivity index (χ0v) is 17.3. The van der Waals surface area contributed by atoms with E-state index in [1.807, 2.05) is 25.3 Å². The summed E-state index contributed by atoms with van der Waals surface area (Å²) in [6, 6.07) is 8.33. The molecule has 0 spiro atoms. The number of carbonyl (C=O) groups is 1. The van der Waals surface area contributed by atoms with E-state index in [-0.39, 0.29) is 29.9 Å². The summed E-state index contributed by atoms with van der Waals surface area (Å²) in [4.78, 5) is 15.2. The van der Waals surface area contributed by atoms with Crippen molar-refractivity contribution >= 4 is 39.0 Å². The topological polar surface area (TPSA) is 63.7 Å². The van der Waals surface area contributed by atoms with Crippen LogP contribution in [0.15, 0.2) is 35.7 Å². The summed E-state index contributed by atoms with van der Waals surface area (Å²) in [6.45, 7) is 6.29. The van der Waals surface area contributed by atoms with E-state index < -0.39 is 10.1 Å². The summed E-state index contributed by atoms with van der Waals surface area (Å²) < 4.78 is 28.9. The third-order valence-corrected chi connectivity index (χ3v) is 5.79. The minimum Gasteiger partial charge on any atom is -0.382 e. The van der Waals surface area contributed by atoms with E-state index in [1.165, 1.54) is 24.3 Å². The molecule has 1 aromatic heterocycles. The molecule has 0 radical (unpaired) electrons. The first kappa shape index (κ1) is 20.7. The number of rotatable bonds is 8. The lowest BCUT2D eigenvalue weighted by atomic mass is 10.1. The summed E-state index contributed by atoms with van der Waals surface area (Å²) in [5.74, 6) is 0.211. The maximum atomic E-state index is 12.8. The molecular weight excluding hydrogens is 394 g/mol. The number of nitrogens with zero attached hydrogens (tertiary/aromatic N) is 1. The summed E-state index contributed by atoms with van der Waals surface area (Å²) in [7, 11) is -3.67. The molecule has 0 fully saturated rings. The summed E-state index contributed by atoms with van der Waals surface area (Å²) in [6.07, 6.45) is 0. The smallest absolute Gasteiger partial charge is 0.308 e. The quantitative estimate of drug-likeness (QED) is 0.598. The molecule has 8 heteroatoms. The largest absolute Gasteiger partial charge is 0.382 e. The number of carbonyl (C=O) groups excluding carboxylic acids is 1. The Balaban J connectivity index is 2.35. The Hall–Kier alpha value is -1.57. The zero-order valence-electron chi connectivity index (χ0n) is 14.9. The molecule has 0 bridgehead atoms. The third kappa shape index (κ3) is 5.72. The van der Waals surface area contributed by atoms with Gasteiger partial charge in [0.25, 0.3) is 5.91 Å². The SMILES string of the molecule is CCS(=O)(=O)Oc1ccc(Cl)cc1CN(CC(C)C)C(=O)c1cccs1. The standard InChI is InChI=1S/C18H22ClNO4S2/c1-4-26(22,23)24-16-8-7-15(19)10-14(16)12-20(11-13(2)3)18(21)17-6-5-9-25-17/h5-10,13H,4,11-12H2,1-3H3. The Morgan fingerprint density at radius 3 is 2.62 bits per heavy atom. The van der Waals surface area contributed by atoms with E-state index >= 15 is 0 Å². The molecule has 0 aliphatic rings. The molecular formula is C18H22ClNO4S2. The van der Waals surface area contributed by atoms with Crippen molar-refractivity contribution < 1.29 is 17.4 Å². The second kappa shape index (κ2) is 8.88. The van der Waals surface area contributed by atoms with Crippen molar-refractivity contribution in [3.05, 3.63) is 51.2 Å². The molecule has 0 saturated carbocycles. The van der Waals surface area contributed by atoms with E-state index in [9.17, 15) is 13.2 Å². The molecule has 2 aromatic rings. The normalized spacial score (nSPS) is 11.6. The maximum absolute atomic E-state index is 12.8. The molecule has 1 amide bonds. The minimum absolute atomic E-state index is 0.0991. The lowest BCUT2D eigenvalue weighted by Gasteiger charge is -2.25. The number of hydrogen-bond acceptors (Lipinski definition) is 5. The first-order valence-corrected chi connectivity index (χ1v) is 11.1. The average Bonchev–Trinajstić information content (AvgIpc) is 3.10. The van der Waals surface area contributed by atoms with Crippen molar-refractivity contribution in [3.8, 4) is 5.75 Å². The lowest BCUT2D eigenvalue weighted by molar-refractivity contribution is 0.0727. The average molecular weight is 416 g/mol. The predicted octanol–water partition coefficient (Wildman–Crippen LogP) is 4.43. The second-order valence-corrected chi connectivity index (χ2v) is 9.48. The van der Waals surface area contributed by atoms with Crippen LogP contribution in [0.1, 0.15) is 36.0 Å². The number of benzene rings is 1. The van der Waals surface area contributed by atoms with Crippen LogP contribution in [0.2, 0.25) is 5.02 Å². The molecule has 5 nitrogen and oxygen atoms in total. The molecule has 0 saturated heterocycles. The highest BCUT2D eigenvalue weighted by molar-refractivity contribution is 7.87. The van der Waals surface area contributed by atoms with Gasteiger partial charge in [0.2, 0.25) is 0 Å². The fourth-order valence-corrected chi connectivity index (χ4v) is 3.81. The number of amides is 1. The first-order chi connectivity index (χ1) is 12.2. The van der Waals surface area contributed by atoms with Gasteiger partial charge in [0.15, 0.2) is 0 Å². The molecule has 2 rings (SSSR count). The van der Waals surface area contributed by atoms with Gasteiger partial charge in [-0.05, 0) is 42.5 Å². The van der Waals surface area contributed by atoms with Gasteiger partial charge in [0.1, 0.15) is 5.75 Å². The Kier molecular flexibility index (Phi) is 7.08. The molecule has 0 atom stereocenters. The molecule has 0 aliphatic carbocycles. The second-order valence-electron chi connectivity index (χ2n) is 6.24. The summed E-state index contributed by atoms with van der Waals surface area (Å²) in [5, 5.41) is 2.30. The molecule has 26 heavy (non-hydrogen) atoms. The minimum atomic E-state index is -3.67. The Morgan fingerprint density at radius 1 is 1.31 bits per heavy atom. The first-order valence-electron chi connectivity index (χ1n) is 8.25. The Labute approximate surface area is 163 Å². The van der Waals surface area contributed by atoms with Gasteiger partial charge in [-0.15, -0.1) is 11.3 Å². The monoisotopic (exact) mass is 415 g/mol. The van der Waals surface area contributed by atoms with Gasteiger partial charge in [-0.3, -0.25) is 4.79 Å².